The molecule has 88 valence electrons. The Morgan fingerprint density at radius 2 is 2.44 bits per heavy atom. The van der Waals surface area contributed by atoms with Gasteiger partial charge in [-0.05, 0) is 43.6 Å². The van der Waals surface area contributed by atoms with Gasteiger partial charge in [-0.25, -0.2) is 0 Å². The van der Waals surface area contributed by atoms with E-state index in [-0.39, 0.29) is 0 Å². The van der Waals surface area contributed by atoms with Crippen LogP contribution in [0.25, 0.3) is 0 Å². The monoisotopic (exact) mass is 237 g/mol. The first kappa shape index (κ1) is 13.3. The molecule has 0 atom stereocenters. The van der Waals surface area contributed by atoms with Crippen molar-refractivity contribution < 1.29 is 4.79 Å². The summed E-state index contributed by atoms with van der Waals surface area (Å²) >= 11 is 1.66. The van der Waals surface area contributed by atoms with Crippen molar-refractivity contribution in [3.05, 3.63) is 35.5 Å². The van der Waals surface area contributed by atoms with Gasteiger partial charge in [0.25, 0.3) is 0 Å². The van der Waals surface area contributed by atoms with Crippen LogP contribution in [0.2, 0.25) is 0 Å². The molecule has 0 saturated heterocycles. The zero-order valence-corrected chi connectivity index (χ0v) is 10.6. The highest BCUT2D eigenvalue weighted by molar-refractivity contribution is 7.96. The van der Waals surface area contributed by atoms with Crippen LogP contribution in [0.4, 0.5) is 0 Å². The smallest absolute Gasteiger partial charge is 0.149 e. The maximum atomic E-state index is 10.6. The molecule has 0 aromatic heterocycles. The number of rotatable bonds is 7. The summed E-state index contributed by atoms with van der Waals surface area (Å²) in [4.78, 5) is 10.6. The predicted molar refractivity (Wildman–Crippen MR) is 71.4 cm³/mol. The molecule has 0 amide bonds. The molecule has 0 aromatic carbocycles. The summed E-state index contributed by atoms with van der Waals surface area (Å²) < 4.78 is 3.22. The number of nitrogens with one attached hydrogen (secondary N) is 1. The average Bonchev–Trinajstić information content (AvgIpc) is 2.34. The van der Waals surface area contributed by atoms with Crippen molar-refractivity contribution >= 4 is 18.2 Å². The van der Waals surface area contributed by atoms with E-state index in [1.807, 2.05) is 18.4 Å². The summed E-state index contributed by atoms with van der Waals surface area (Å²) in [5.41, 5.74) is 2.08. The minimum absolute atomic E-state index is 0.815. The van der Waals surface area contributed by atoms with Crippen LogP contribution in [0.1, 0.15) is 25.7 Å². The van der Waals surface area contributed by atoms with Crippen molar-refractivity contribution in [2.24, 2.45) is 0 Å². The number of aldehydes is 1. The van der Waals surface area contributed by atoms with Gasteiger partial charge in [0.2, 0.25) is 0 Å². The van der Waals surface area contributed by atoms with Gasteiger partial charge in [-0.1, -0.05) is 30.2 Å². The van der Waals surface area contributed by atoms with Crippen LogP contribution in [-0.4, -0.2) is 19.1 Å². The standard InChI is InChI=1S/C13H19NOS/c1-16-14-9-4-2-3-6-12-7-5-8-13(10-12)11-15/h3,6,8,10-11,14H,2,4-5,7,9H2,1H3/b6-3-. The molecule has 0 aromatic rings. The molecular formula is C13H19NOS. The van der Waals surface area contributed by atoms with Crippen LogP contribution in [0, 0.1) is 0 Å². The second-order valence-electron chi connectivity index (χ2n) is 3.72. The Bertz CT molecular complexity index is 305. The van der Waals surface area contributed by atoms with Crippen molar-refractivity contribution in [2.45, 2.75) is 25.7 Å². The number of hydrogen-bond acceptors (Lipinski definition) is 3. The highest BCUT2D eigenvalue weighted by Crippen LogP contribution is 2.17. The molecule has 16 heavy (non-hydrogen) atoms. The molecular weight excluding hydrogens is 218 g/mol. The molecule has 0 bridgehead atoms. The molecule has 1 N–H and O–H groups in total. The van der Waals surface area contributed by atoms with E-state index >= 15 is 0 Å². The van der Waals surface area contributed by atoms with Gasteiger partial charge < -0.3 is 0 Å². The third-order valence-corrected chi connectivity index (χ3v) is 2.92. The van der Waals surface area contributed by atoms with Gasteiger partial charge in [0.05, 0.1) is 0 Å². The highest BCUT2D eigenvalue weighted by atomic mass is 32.2. The van der Waals surface area contributed by atoms with E-state index in [0.29, 0.717) is 0 Å². The van der Waals surface area contributed by atoms with Gasteiger partial charge in [-0.15, -0.1) is 0 Å². The molecule has 1 aliphatic carbocycles. The van der Waals surface area contributed by atoms with Crippen LogP contribution < -0.4 is 4.72 Å². The lowest BCUT2D eigenvalue weighted by molar-refractivity contribution is -0.104. The highest BCUT2D eigenvalue weighted by Gasteiger charge is 2.01. The van der Waals surface area contributed by atoms with Crippen LogP contribution in [0.3, 0.4) is 0 Å². The van der Waals surface area contributed by atoms with Gasteiger partial charge in [0.1, 0.15) is 6.29 Å². The van der Waals surface area contributed by atoms with E-state index in [9.17, 15) is 4.79 Å². The number of allylic oxidation sites excluding steroid dienone is 6. The van der Waals surface area contributed by atoms with Gasteiger partial charge in [-0.3, -0.25) is 9.52 Å². The second kappa shape index (κ2) is 8.36. The summed E-state index contributed by atoms with van der Waals surface area (Å²) in [6, 6.07) is 0. The van der Waals surface area contributed by atoms with E-state index in [4.69, 9.17) is 0 Å². The fourth-order valence-corrected chi connectivity index (χ4v) is 1.94. The first-order chi connectivity index (χ1) is 7.86. The van der Waals surface area contributed by atoms with Gasteiger partial charge in [0.15, 0.2) is 0 Å². The fraction of sp³-hybridized carbons (Fsp3) is 0.462. The van der Waals surface area contributed by atoms with Crippen molar-refractivity contribution in [1.29, 1.82) is 0 Å². The van der Waals surface area contributed by atoms with Crippen molar-refractivity contribution in [3.8, 4) is 0 Å². The summed E-state index contributed by atoms with van der Waals surface area (Å²) in [5, 5.41) is 0. The van der Waals surface area contributed by atoms with Crippen LogP contribution in [-0.2, 0) is 4.79 Å². The normalized spacial score (nSPS) is 16.1. The van der Waals surface area contributed by atoms with E-state index in [1.54, 1.807) is 11.9 Å². The molecule has 1 rings (SSSR count). The van der Waals surface area contributed by atoms with Crippen molar-refractivity contribution in [1.82, 2.24) is 4.72 Å². The van der Waals surface area contributed by atoms with Crippen LogP contribution in [0.5, 0.6) is 0 Å². The summed E-state index contributed by atoms with van der Waals surface area (Å²) in [5.74, 6) is 0. The molecule has 0 heterocycles. The predicted octanol–water partition coefficient (Wildman–Crippen LogP) is 3.04. The van der Waals surface area contributed by atoms with E-state index in [2.05, 4.69) is 16.9 Å². The summed E-state index contributed by atoms with van der Waals surface area (Å²) in [6.07, 6.45) is 15.6. The molecule has 0 unspecified atom stereocenters. The molecule has 0 aliphatic heterocycles. The number of hydrogen-bond donors (Lipinski definition) is 1. The summed E-state index contributed by atoms with van der Waals surface area (Å²) in [7, 11) is 0. The molecule has 2 nitrogen and oxygen atoms in total. The van der Waals surface area contributed by atoms with Gasteiger partial charge >= 0.3 is 0 Å². The minimum atomic E-state index is 0.815. The largest absolute Gasteiger partial charge is 0.298 e. The van der Waals surface area contributed by atoms with Gasteiger partial charge in [-0.2, -0.15) is 0 Å². The Balaban J connectivity index is 2.26. The van der Waals surface area contributed by atoms with Gasteiger partial charge in [0, 0.05) is 12.1 Å². The Hall–Kier alpha value is -0.800. The quantitative estimate of drug-likeness (QED) is 0.419. The third-order valence-electron chi connectivity index (χ3n) is 2.43. The number of unbranched alkanes of at least 4 members (excludes halogenated alkanes) is 1. The lowest BCUT2D eigenvalue weighted by Crippen LogP contribution is -2.03. The van der Waals surface area contributed by atoms with E-state index < -0.39 is 0 Å². The number of carbonyl (C=O) groups is 1. The lowest BCUT2D eigenvalue weighted by atomic mass is 9.99. The van der Waals surface area contributed by atoms with Crippen LogP contribution in [0.15, 0.2) is 35.5 Å². The first-order valence-corrected chi connectivity index (χ1v) is 6.87. The van der Waals surface area contributed by atoms with E-state index in [1.165, 1.54) is 5.57 Å². The lowest BCUT2D eigenvalue weighted by Gasteiger charge is -2.06. The molecule has 0 radical (unpaired) electrons. The molecule has 0 spiro atoms. The third kappa shape index (κ3) is 5.33. The zero-order valence-electron chi connectivity index (χ0n) is 9.74. The Morgan fingerprint density at radius 1 is 1.56 bits per heavy atom. The SMILES string of the molecule is CSNCCC/C=C\C1=CC(C=O)=CCC1. The minimum Gasteiger partial charge on any atom is -0.298 e. The Morgan fingerprint density at radius 3 is 3.19 bits per heavy atom. The number of carbonyl (C=O) groups excluding carboxylic acids is 1. The average molecular weight is 237 g/mol. The fourth-order valence-electron chi connectivity index (χ4n) is 1.59. The molecule has 1 aliphatic rings. The summed E-state index contributed by atoms with van der Waals surface area (Å²) in [6.45, 7) is 1.05. The van der Waals surface area contributed by atoms with Crippen molar-refractivity contribution in [3.63, 3.8) is 0 Å². The van der Waals surface area contributed by atoms with E-state index in [0.717, 1.165) is 44.1 Å². The Kier molecular flexibility index (Phi) is 6.93. The topological polar surface area (TPSA) is 29.1 Å². The maximum Gasteiger partial charge on any atom is 0.149 e. The molecule has 0 fully saturated rings. The second-order valence-corrected chi connectivity index (χ2v) is 4.42. The maximum absolute atomic E-state index is 10.6. The van der Waals surface area contributed by atoms with Crippen LogP contribution >= 0.6 is 11.9 Å². The zero-order chi connectivity index (χ0) is 11.6. The Labute approximate surface area is 102 Å². The first-order valence-electron chi connectivity index (χ1n) is 5.65. The van der Waals surface area contributed by atoms with Crippen molar-refractivity contribution in [2.75, 3.05) is 12.8 Å². The molecule has 0 saturated carbocycles. The molecule has 3 heteroatoms.